The SMILES string of the molecule is CC1CCN(C(=O)NCc2cc3cc(F)c(OCc4cscn4)cc3[nH]2)C1. The van der Waals surface area contributed by atoms with E-state index in [9.17, 15) is 9.18 Å². The van der Waals surface area contributed by atoms with E-state index in [1.807, 2.05) is 16.3 Å². The van der Waals surface area contributed by atoms with Crippen LogP contribution in [0.1, 0.15) is 24.7 Å². The molecule has 0 saturated carbocycles. The minimum Gasteiger partial charge on any atom is -0.484 e. The first kappa shape index (κ1) is 17.8. The molecule has 2 aromatic heterocycles. The number of carbonyl (C=O) groups is 1. The molecule has 27 heavy (non-hydrogen) atoms. The molecule has 0 bridgehead atoms. The van der Waals surface area contributed by atoms with E-state index in [1.54, 1.807) is 11.6 Å². The van der Waals surface area contributed by atoms with Gasteiger partial charge < -0.3 is 19.9 Å². The molecule has 1 atom stereocenters. The monoisotopic (exact) mass is 388 g/mol. The minimum atomic E-state index is -0.418. The molecule has 1 aliphatic rings. The summed E-state index contributed by atoms with van der Waals surface area (Å²) >= 11 is 1.47. The summed E-state index contributed by atoms with van der Waals surface area (Å²) in [7, 11) is 0. The summed E-state index contributed by atoms with van der Waals surface area (Å²) in [4.78, 5) is 21.4. The van der Waals surface area contributed by atoms with Gasteiger partial charge in [0.2, 0.25) is 0 Å². The molecule has 142 valence electrons. The summed E-state index contributed by atoms with van der Waals surface area (Å²) < 4.78 is 19.8. The summed E-state index contributed by atoms with van der Waals surface area (Å²) in [5.74, 6) is 0.312. The Bertz CT molecular complexity index is 941. The third kappa shape index (κ3) is 4.05. The number of ether oxygens (including phenoxy) is 1. The maximum Gasteiger partial charge on any atom is 0.317 e. The quantitative estimate of drug-likeness (QED) is 0.697. The maximum absolute atomic E-state index is 14.3. The highest BCUT2D eigenvalue weighted by atomic mass is 32.1. The van der Waals surface area contributed by atoms with Crippen molar-refractivity contribution in [3.8, 4) is 5.75 Å². The van der Waals surface area contributed by atoms with Gasteiger partial charge in [-0.15, -0.1) is 11.3 Å². The number of carbonyl (C=O) groups excluding carboxylic acids is 1. The van der Waals surface area contributed by atoms with Crippen molar-refractivity contribution < 1.29 is 13.9 Å². The molecule has 8 heteroatoms. The number of aromatic nitrogens is 2. The van der Waals surface area contributed by atoms with Gasteiger partial charge in [0.25, 0.3) is 0 Å². The number of benzene rings is 1. The number of amides is 2. The summed E-state index contributed by atoms with van der Waals surface area (Å²) in [5.41, 5.74) is 4.07. The molecule has 4 rings (SSSR count). The van der Waals surface area contributed by atoms with Crippen LogP contribution in [0.15, 0.2) is 29.1 Å². The normalized spacial score (nSPS) is 16.8. The van der Waals surface area contributed by atoms with E-state index in [-0.39, 0.29) is 18.4 Å². The van der Waals surface area contributed by atoms with E-state index in [0.717, 1.165) is 41.8 Å². The predicted octanol–water partition coefficient (Wildman–Crippen LogP) is 3.89. The van der Waals surface area contributed by atoms with Gasteiger partial charge in [0.05, 0.1) is 17.7 Å². The van der Waals surface area contributed by atoms with Crippen LogP contribution in [0.25, 0.3) is 10.9 Å². The number of fused-ring (bicyclic) bond motifs is 1. The summed E-state index contributed by atoms with van der Waals surface area (Å²) in [5, 5.41) is 5.53. The average molecular weight is 388 g/mol. The van der Waals surface area contributed by atoms with Gasteiger partial charge >= 0.3 is 6.03 Å². The Kier molecular flexibility index (Phi) is 4.98. The molecule has 3 heterocycles. The molecule has 6 nitrogen and oxygen atoms in total. The predicted molar refractivity (Wildman–Crippen MR) is 102 cm³/mol. The van der Waals surface area contributed by atoms with Crippen LogP contribution in [0, 0.1) is 11.7 Å². The first-order valence-electron chi connectivity index (χ1n) is 8.92. The fourth-order valence-corrected chi connectivity index (χ4v) is 3.80. The van der Waals surface area contributed by atoms with Gasteiger partial charge in [-0.3, -0.25) is 0 Å². The third-order valence-electron chi connectivity index (χ3n) is 4.73. The van der Waals surface area contributed by atoms with Gasteiger partial charge in [0.1, 0.15) is 6.61 Å². The van der Waals surface area contributed by atoms with Crippen molar-refractivity contribution in [1.29, 1.82) is 0 Å². The van der Waals surface area contributed by atoms with E-state index in [4.69, 9.17) is 4.74 Å². The second-order valence-electron chi connectivity index (χ2n) is 6.93. The second kappa shape index (κ2) is 7.56. The molecule has 3 aromatic rings. The number of rotatable bonds is 5. The number of nitrogens with zero attached hydrogens (tertiary/aromatic N) is 2. The zero-order chi connectivity index (χ0) is 18.8. The molecular formula is C19H21FN4O2S. The molecule has 2 amide bonds. The Morgan fingerprint density at radius 1 is 1.48 bits per heavy atom. The fourth-order valence-electron chi connectivity index (χ4n) is 3.26. The zero-order valence-corrected chi connectivity index (χ0v) is 15.8. The summed E-state index contributed by atoms with van der Waals surface area (Å²) in [6.07, 6.45) is 1.04. The van der Waals surface area contributed by atoms with Crippen LogP contribution in [0.4, 0.5) is 9.18 Å². The highest BCUT2D eigenvalue weighted by Crippen LogP contribution is 2.26. The van der Waals surface area contributed by atoms with Gasteiger partial charge in [-0.1, -0.05) is 6.92 Å². The highest BCUT2D eigenvalue weighted by molar-refractivity contribution is 7.07. The van der Waals surface area contributed by atoms with Crippen LogP contribution in [-0.2, 0) is 13.2 Å². The van der Waals surface area contributed by atoms with Crippen molar-refractivity contribution in [2.75, 3.05) is 13.1 Å². The number of nitrogens with one attached hydrogen (secondary N) is 2. The number of H-pyrrole nitrogens is 1. The van der Waals surface area contributed by atoms with Crippen molar-refractivity contribution in [3.05, 3.63) is 46.3 Å². The van der Waals surface area contributed by atoms with Crippen molar-refractivity contribution >= 4 is 28.3 Å². The minimum absolute atomic E-state index is 0.0588. The lowest BCUT2D eigenvalue weighted by molar-refractivity contribution is 0.207. The maximum atomic E-state index is 14.3. The summed E-state index contributed by atoms with van der Waals surface area (Å²) in [6.45, 7) is 4.33. The topological polar surface area (TPSA) is 70.2 Å². The molecule has 0 spiro atoms. The van der Waals surface area contributed by atoms with Crippen LogP contribution >= 0.6 is 11.3 Å². The molecule has 1 saturated heterocycles. The Hall–Kier alpha value is -2.61. The molecular weight excluding hydrogens is 367 g/mol. The first-order chi connectivity index (χ1) is 13.1. The smallest absolute Gasteiger partial charge is 0.317 e. The summed E-state index contributed by atoms with van der Waals surface area (Å²) in [6, 6.07) is 4.87. The van der Waals surface area contributed by atoms with E-state index >= 15 is 0 Å². The second-order valence-corrected chi connectivity index (χ2v) is 7.65. The van der Waals surface area contributed by atoms with Crippen LogP contribution in [0.3, 0.4) is 0 Å². The highest BCUT2D eigenvalue weighted by Gasteiger charge is 2.22. The number of likely N-dealkylation sites (tertiary alicyclic amines) is 1. The van der Waals surface area contributed by atoms with Gasteiger partial charge in [-0.2, -0.15) is 0 Å². The lowest BCUT2D eigenvalue weighted by Crippen LogP contribution is -2.38. The molecule has 1 unspecified atom stereocenters. The molecule has 0 radical (unpaired) electrons. The van der Waals surface area contributed by atoms with Crippen molar-refractivity contribution in [3.63, 3.8) is 0 Å². The van der Waals surface area contributed by atoms with Crippen molar-refractivity contribution in [2.24, 2.45) is 5.92 Å². The Morgan fingerprint density at radius 3 is 3.11 bits per heavy atom. The molecule has 0 aliphatic carbocycles. The van der Waals surface area contributed by atoms with Gasteiger partial charge in [-0.05, 0) is 24.5 Å². The molecule has 1 aliphatic heterocycles. The number of aromatic amines is 1. The Balaban J connectivity index is 1.41. The van der Waals surface area contributed by atoms with E-state index < -0.39 is 5.82 Å². The lowest BCUT2D eigenvalue weighted by atomic mass is 10.2. The molecule has 1 fully saturated rings. The fraction of sp³-hybridized carbons (Fsp3) is 0.368. The van der Waals surface area contributed by atoms with Crippen LogP contribution in [0.5, 0.6) is 5.75 Å². The van der Waals surface area contributed by atoms with E-state index in [2.05, 4.69) is 22.2 Å². The zero-order valence-electron chi connectivity index (χ0n) is 15.0. The van der Waals surface area contributed by atoms with Crippen molar-refractivity contribution in [1.82, 2.24) is 20.2 Å². The molecule has 1 aromatic carbocycles. The number of hydrogen-bond acceptors (Lipinski definition) is 4. The largest absolute Gasteiger partial charge is 0.484 e. The van der Waals surface area contributed by atoms with E-state index in [1.165, 1.54) is 17.4 Å². The standard InChI is InChI=1S/C19H21FN4O2S/c1-12-2-3-24(8-12)19(25)21-7-14-4-13-5-16(20)18(6-17(13)23-14)26-9-15-10-27-11-22-15/h4-6,10-12,23H,2-3,7-9H2,1H3,(H,21,25). The van der Waals surface area contributed by atoms with Crippen molar-refractivity contribution in [2.45, 2.75) is 26.5 Å². The van der Waals surface area contributed by atoms with Crippen LogP contribution in [0.2, 0.25) is 0 Å². The average Bonchev–Trinajstić information content (AvgIpc) is 3.38. The first-order valence-corrected chi connectivity index (χ1v) is 9.86. The van der Waals surface area contributed by atoms with Gasteiger partial charge in [0, 0.05) is 41.1 Å². The van der Waals surface area contributed by atoms with Crippen LogP contribution < -0.4 is 10.1 Å². The van der Waals surface area contributed by atoms with Gasteiger partial charge in [-0.25, -0.2) is 14.2 Å². The lowest BCUT2D eigenvalue weighted by Gasteiger charge is -2.16. The van der Waals surface area contributed by atoms with Gasteiger partial charge in [0.15, 0.2) is 11.6 Å². The Morgan fingerprint density at radius 2 is 2.37 bits per heavy atom. The number of halogens is 1. The third-order valence-corrected chi connectivity index (χ3v) is 5.36. The Labute approximate surface area is 160 Å². The number of thiazole rings is 1. The van der Waals surface area contributed by atoms with Crippen LogP contribution in [-0.4, -0.2) is 34.0 Å². The molecule has 2 N–H and O–H groups in total. The van der Waals surface area contributed by atoms with E-state index in [0.29, 0.717) is 12.5 Å². The number of hydrogen-bond donors (Lipinski definition) is 2. The number of urea groups is 1.